The second kappa shape index (κ2) is 6.88. The van der Waals surface area contributed by atoms with Crippen molar-refractivity contribution in [3.8, 4) is 0 Å². The van der Waals surface area contributed by atoms with Gasteiger partial charge in [-0.05, 0) is 42.5 Å². The van der Waals surface area contributed by atoms with E-state index in [1.165, 1.54) is 4.88 Å². The average Bonchev–Trinajstić information content (AvgIpc) is 3.44. The van der Waals surface area contributed by atoms with Gasteiger partial charge in [-0.15, -0.1) is 11.3 Å². The molecule has 25 heavy (non-hydrogen) atoms. The fraction of sp³-hybridized carbons (Fsp3) is 0.368. The van der Waals surface area contributed by atoms with Crippen LogP contribution in [0.2, 0.25) is 0 Å². The zero-order valence-corrected chi connectivity index (χ0v) is 14.7. The highest BCUT2D eigenvalue weighted by atomic mass is 32.1. The van der Waals surface area contributed by atoms with E-state index >= 15 is 0 Å². The Labute approximate surface area is 150 Å². The number of hydrogen-bond acceptors (Lipinski definition) is 4. The molecule has 1 unspecified atom stereocenters. The summed E-state index contributed by atoms with van der Waals surface area (Å²) in [7, 11) is 0. The van der Waals surface area contributed by atoms with Crippen molar-refractivity contribution in [3.63, 3.8) is 0 Å². The Morgan fingerprint density at radius 2 is 2.20 bits per heavy atom. The largest absolute Gasteiger partial charge is 0.467 e. The molecular weight excluding hydrogens is 334 g/mol. The van der Waals surface area contributed by atoms with E-state index in [-0.39, 0.29) is 17.4 Å². The number of nitrogens with zero attached hydrogens (tertiary/aromatic N) is 2. The normalized spacial score (nSPS) is 17.4. The zero-order chi connectivity index (χ0) is 17.1. The highest BCUT2D eigenvalue weighted by Gasteiger charge is 2.43. The van der Waals surface area contributed by atoms with Gasteiger partial charge in [0.15, 0.2) is 0 Å². The molecule has 0 aliphatic heterocycles. The molecule has 1 N–H and O–H groups in total. The molecular formula is C19H21N3O2S. The Morgan fingerprint density at radius 3 is 2.84 bits per heavy atom. The molecule has 0 spiro atoms. The van der Waals surface area contributed by atoms with Crippen LogP contribution in [0.25, 0.3) is 0 Å². The van der Waals surface area contributed by atoms with E-state index in [1.807, 2.05) is 35.1 Å². The Kier molecular flexibility index (Phi) is 4.44. The molecule has 1 amide bonds. The average molecular weight is 355 g/mol. The van der Waals surface area contributed by atoms with Crippen molar-refractivity contribution in [2.45, 2.75) is 37.1 Å². The molecule has 0 radical (unpaired) electrons. The fourth-order valence-electron chi connectivity index (χ4n) is 3.74. The van der Waals surface area contributed by atoms with Gasteiger partial charge in [-0.3, -0.25) is 9.48 Å². The maximum absolute atomic E-state index is 13.1. The Hall–Kier alpha value is -2.34. The number of amides is 1. The number of nitrogens with one attached hydrogen (secondary N) is 1. The monoisotopic (exact) mass is 355 g/mol. The summed E-state index contributed by atoms with van der Waals surface area (Å²) in [6.07, 6.45) is 9.33. The van der Waals surface area contributed by atoms with Crippen molar-refractivity contribution >= 4 is 17.2 Å². The number of carbonyl (C=O) groups is 1. The standard InChI is InChI=1S/C19H21N3O2S/c23-18(19(8-1-2-9-19)17-7-4-13-25-17)20-14-15(16-6-3-12-24-16)22-11-5-10-21-22/h3-7,10-13,15H,1-2,8-9,14H2,(H,20,23). The minimum absolute atomic E-state index is 0.121. The van der Waals surface area contributed by atoms with Crippen LogP contribution in [0.3, 0.4) is 0 Å². The molecule has 130 valence electrons. The summed E-state index contributed by atoms with van der Waals surface area (Å²) in [5.74, 6) is 0.914. The van der Waals surface area contributed by atoms with E-state index in [0.717, 1.165) is 31.4 Å². The predicted octanol–water partition coefficient (Wildman–Crippen LogP) is 3.76. The van der Waals surface area contributed by atoms with Gasteiger partial charge < -0.3 is 9.73 Å². The number of furan rings is 1. The number of aromatic nitrogens is 2. The van der Waals surface area contributed by atoms with Crippen LogP contribution in [-0.2, 0) is 10.2 Å². The van der Waals surface area contributed by atoms with E-state index in [4.69, 9.17) is 4.42 Å². The van der Waals surface area contributed by atoms with Gasteiger partial charge in [0.25, 0.3) is 0 Å². The van der Waals surface area contributed by atoms with Crippen LogP contribution in [0.15, 0.2) is 58.8 Å². The second-order valence-electron chi connectivity index (χ2n) is 6.49. The Bertz CT molecular complexity index is 754. The molecule has 0 saturated heterocycles. The summed E-state index contributed by atoms with van der Waals surface area (Å²) < 4.78 is 7.39. The van der Waals surface area contributed by atoms with Crippen LogP contribution in [0.4, 0.5) is 0 Å². The lowest BCUT2D eigenvalue weighted by Crippen LogP contribution is -2.44. The summed E-state index contributed by atoms with van der Waals surface area (Å²) in [5.41, 5.74) is -0.369. The summed E-state index contributed by atoms with van der Waals surface area (Å²) in [6, 6.07) is 9.63. The summed E-state index contributed by atoms with van der Waals surface area (Å²) in [6.45, 7) is 0.459. The minimum Gasteiger partial charge on any atom is -0.467 e. The fourth-order valence-corrected chi connectivity index (χ4v) is 4.73. The van der Waals surface area contributed by atoms with Crippen LogP contribution in [0.5, 0.6) is 0 Å². The maximum atomic E-state index is 13.1. The van der Waals surface area contributed by atoms with Crippen molar-refractivity contribution in [2.24, 2.45) is 0 Å². The third-order valence-electron chi connectivity index (χ3n) is 5.06. The molecule has 1 atom stereocenters. The van der Waals surface area contributed by atoms with Gasteiger partial charge in [-0.1, -0.05) is 18.9 Å². The highest BCUT2D eigenvalue weighted by molar-refractivity contribution is 7.10. The molecule has 6 heteroatoms. The van der Waals surface area contributed by atoms with Crippen LogP contribution in [0.1, 0.15) is 42.4 Å². The predicted molar refractivity (Wildman–Crippen MR) is 96.5 cm³/mol. The third-order valence-corrected chi connectivity index (χ3v) is 6.13. The molecule has 3 aromatic heterocycles. The van der Waals surface area contributed by atoms with Gasteiger partial charge in [0, 0.05) is 23.8 Å². The topological polar surface area (TPSA) is 60.1 Å². The molecule has 1 aliphatic carbocycles. The Morgan fingerprint density at radius 1 is 1.32 bits per heavy atom. The van der Waals surface area contributed by atoms with Crippen molar-refractivity contribution in [1.82, 2.24) is 15.1 Å². The smallest absolute Gasteiger partial charge is 0.231 e. The van der Waals surface area contributed by atoms with Gasteiger partial charge in [-0.25, -0.2) is 0 Å². The molecule has 0 bridgehead atoms. The number of hydrogen-bond donors (Lipinski definition) is 1. The minimum atomic E-state index is -0.369. The van der Waals surface area contributed by atoms with Crippen molar-refractivity contribution in [2.75, 3.05) is 6.54 Å². The molecule has 3 aromatic rings. The molecule has 5 nitrogen and oxygen atoms in total. The third kappa shape index (κ3) is 3.02. The van der Waals surface area contributed by atoms with E-state index < -0.39 is 0 Å². The summed E-state index contributed by atoms with van der Waals surface area (Å²) in [4.78, 5) is 14.3. The first-order valence-electron chi connectivity index (χ1n) is 8.64. The van der Waals surface area contributed by atoms with Crippen molar-refractivity contribution < 1.29 is 9.21 Å². The van der Waals surface area contributed by atoms with E-state index in [1.54, 1.807) is 23.8 Å². The molecule has 1 fully saturated rings. The van der Waals surface area contributed by atoms with Crippen LogP contribution in [0, 0.1) is 0 Å². The summed E-state index contributed by atoms with van der Waals surface area (Å²) in [5, 5.41) is 9.55. The van der Waals surface area contributed by atoms with Crippen LogP contribution >= 0.6 is 11.3 Å². The highest BCUT2D eigenvalue weighted by Crippen LogP contribution is 2.43. The lowest BCUT2D eigenvalue weighted by molar-refractivity contribution is -0.126. The molecule has 1 saturated carbocycles. The molecule has 0 aromatic carbocycles. The number of carbonyl (C=O) groups excluding carboxylic acids is 1. The van der Waals surface area contributed by atoms with E-state index in [9.17, 15) is 4.79 Å². The first-order chi connectivity index (χ1) is 12.3. The van der Waals surface area contributed by atoms with E-state index in [2.05, 4.69) is 21.9 Å². The van der Waals surface area contributed by atoms with Gasteiger partial charge in [0.05, 0.1) is 11.7 Å². The van der Waals surface area contributed by atoms with Gasteiger partial charge in [0.1, 0.15) is 11.8 Å². The first kappa shape index (κ1) is 16.1. The molecule has 1 aliphatic rings. The van der Waals surface area contributed by atoms with E-state index in [0.29, 0.717) is 6.54 Å². The van der Waals surface area contributed by atoms with Gasteiger partial charge >= 0.3 is 0 Å². The van der Waals surface area contributed by atoms with Crippen molar-refractivity contribution in [1.29, 1.82) is 0 Å². The van der Waals surface area contributed by atoms with Crippen LogP contribution < -0.4 is 5.32 Å². The second-order valence-corrected chi connectivity index (χ2v) is 7.44. The number of thiophene rings is 1. The molecule has 4 rings (SSSR count). The maximum Gasteiger partial charge on any atom is 0.231 e. The lowest BCUT2D eigenvalue weighted by Gasteiger charge is -2.27. The van der Waals surface area contributed by atoms with Gasteiger partial charge in [0.2, 0.25) is 5.91 Å². The van der Waals surface area contributed by atoms with Crippen LogP contribution in [-0.4, -0.2) is 22.2 Å². The van der Waals surface area contributed by atoms with Crippen molar-refractivity contribution in [3.05, 3.63) is 65.0 Å². The zero-order valence-electron chi connectivity index (χ0n) is 13.9. The quantitative estimate of drug-likeness (QED) is 0.732. The SMILES string of the molecule is O=C(NCC(c1ccco1)n1cccn1)C1(c2cccs2)CCCC1. The van der Waals surface area contributed by atoms with Gasteiger partial charge in [-0.2, -0.15) is 5.10 Å². The Balaban J connectivity index is 1.53. The lowest BCUT2D eigenvalue weighted by atomic mass is 9.83. The first-order valence-corrected chi connectivity index (χ1v) is 9.52. The molecule has 3 heterocycles. The number of rotatable bonds is 6. The summed E-state index contributed by atoms with van der Waals surface area (Å²) >= 11 is 1.68.